The normalized spacial score (nSPS) is 10.8. The van der Waals surface area contributed by atoms with E-state index in [1.165, 1.54) is 50.3 Å². The van der Waals surface area contributed by atoms with Gasteiger partial charge in [0.05, 0.1) is 16.8 Å². The molecule has 0 saturated carbocycles. The summed E-state index contributed by atoms with van der Waals surface area (Å²) in [5.74, 6) is -2.81. The molecule has 10 heteroatoms. The van der Waals surface area contributed by atoms with E-state index in [2.05, 4.69) is 15.3 Å². The molecule has 2 aromatic heterocycles. The number of carboxylic acid groups (broad SMARTS) is 1. The Bertz CT molecular complexity index is 1100. The third-order valence-electron chi connectivity index (χ3n) is 4.10. The lowest BCUT2D eigenvalue weighted by molar-refractivity contribution is 0.0697. The summed E-state index contributed by atoms with van der Waals surface area (Å²) in [5.41, 5.74) is -0.137. The van der Waals surface area contributed by atoms with Crippen LogP contribution >= 0.6 is 0 Å². The van der Waals surface area contributed by atoms with Gasteiger partial charge in [0.2, 0.25) is 5.95 Å². The molecule has 1 aromatic carbocycles. The molecule has 0 aliphatic carbocycles. The number of carboxylic acids is 1. The Morgan fingerprint density at radius 2 is 1.89 bits per heavy atom. The number of carbonyl (C=O) groups is 1. The maximum Gasteiger partial charge on any atom is 0.335 e. The van der Waals surface area contributed by atoms with E-state index in [4.69, 9.17) is 5.11 Å². The Kier molecular flexibility index (Phi) is 4.87. The number of imidazole rings is 1. The molecule has 0 radical (unpaired) electrons. The maximum absolute atomic E-state index is 14.6. The Morgan fingerprint density at radius 3 is 2.46 bits per heavy atom. The zero-order valence-electron chi connectivity index (χ0n) is 15.2. The molecule has 3 rings (SSSR count). The van der Waals surface area contributed by atoms with Gasteiger partial charge in [-0.25, -0.2) is 14.0 Å². The molecule has 0 fully saturated rings. The molecule has 0 spiro atoms. The minimum atomic E-state index is -1.08. The number of hydrogen-bond acceptors (Lipinski definition) is 5. The van der Waals surface area contributed by atoms with Crippen molar-refractivity contribution in [3.8, 4) is 11.3 Å². The largest absolute Gasteiger partial charge is 0.478 e. The molecule has 0 atom stereocenters. The van der Waals surface area contributed by atoms with Crippen LogP contribution in [0.5, 0.6) is 0 Å². The second kappa shape index (κ2) is 7.14. The lowest BCUT2D eigenvalue weighted by atomic mass is 10.1. The standard InChI is InChI=1S/C18H17F2N5O3/c1-24(2)16-12(19)8-11(14(20)22-16)13-15(23-18(28)25(13)3)21-10-6-4-9(5-7-10)17(26)27/h4-8,21H,1-3H3,(H,23,28)(H,26,27). The highest BCUT2D eigenvalue weighted by atomic mass is 19.1. The SMILES string of the molecule is CN(C)c1nc(F)c(-c2c(Nc3ccc(C(=O)O)cc3)[nH]c(=O)n2C)cc1F. The molecule has 28 heavy (non-hydrogen) atoms. The third kappa shape index (κ3) is 3.43. The molecular weight excluding hydrogens is 372 g/mol. The molecule has 0 aliphatic heterocycles. The minimum absolute atomic E-state index is 0.0708. The molecule has 2 heterocycles. The van der Waals surface area contributed by atoms with E-state index in [1.807, 2.05) is 0 Å². The number of aromatic carboxylic acids is 1. The van der Waals surface area contributed by atoms with E-state index >= 15 is 0 Å². The number of anilines is 3. The number of benzene rings is 1. The first-order chi connectivity index (χ1) is 13.2. The van der Waals surface area contributed by atoms with Gasteiger partial charge < -0.3 is 15.3 Å². The molecule has 8 nitrogen and oxygen atoms in total. The number of halogens is 2. The Hall–Kier alpha value is -3.69. The summed E-state index contributed by atoms with van der Waals surface area (Å²) in [6, 6.07) is 6.70. The predicted molar refractivity (Wildman–Crippen MR) is 100 cm³/mol. The van der Waals surface area contributed by atoms with Gasteiger partial charge in [0.1, 0.15) is 5.82 Å². The summed E-state index contributed by atoms with van der Waals surface area (Å²) >= 11 is 0. The van der Waals surface area contributed by atoms with Crippen LogP contribution in [-0.2, 0) is 7.05 Å². The first-order valence-corrected chi connectivity index (χ1v) is 8.12. The average Bonchev–Trinajstić information content (AvgIpc) is 2.90. The lowest BCUT2D eigenvalue weighted by Gasteiger charge is -2.15. The molecule has 3 N–H and O–H groups in total. The van der Waals surface area contributed by atoms with Crippen molar-refractivity contribution in [2.24, 2.45) is 7.05 Å². The monoisotopic (exact) mass is 389 g/mol. The fraction of sp³-hybridized carbons (Fsp3) is 0.167. The second-order valence-electron chi connectivity index (χ2n) is 6.25. The Morgan fingerprint density at radius 1 is 1.25 bits per heavy atom. The average molecular weight is 389 g/mol. The predicted octanol–water partition coefficient (Wildman–Crippen LogP) is 2.56. The maximum atomic E-state index is 14.6. The summed E-state index contributed by atoms with van der Waals surface area (Å²) in [7, 11) is 4.47. The van der Waals surface area contributed by atoms with Gasteiger partial charge in [-0.3, -0.25) is 9.55 Å². The van der Waals surface area contributed by atoms with Crippen molar-refractivity contribution in [1.82, 2.24) is 14.5 Å². The van der Waals surface area contributed by atoms with Gasteiger partial charge in [0, 0.05) is 26.8 Å². The number of nitrogens with zero attached hydrogens (tertiary/aromatic N) is 3. The Balaban J connectivity index is 2.07. The van der Waals surface area contributed by atoms with Crippen LogP contribution in [0.4, 0.5) is 26.1 Å². The number of pyridine rings is 1. The van der Waals surface area contributed by atoms with Crippen LogP contribution in [0.3, 0.4) is 0 Å². The zero-order valence-corrected chi connectivity index (χ0v) is 15.2. The Labute approximate surface area is 158 Å². The number of aromatic nitrogens is 3. The number of nitrogens with one attached hydrogen (secondary N) is 2. The summed E-state index contributed by atoms with van der Waals surface area (Å²) in [5, 5.41) is 11.8. The first kappa shape index (κ1) is 19.1. The molecule has 0 aliphatic rings. The summed E-state index contributed by atoms with van der Waals surface area (Å²) in [4.78, 5) is 30.5. The fourth-order valence-electron chi connectivity index (χ4n) is 2.70. The number of hydrogen-bond donors (Lipinski definition) is 3. The zero-order chi connectivity index (χ0) is 20.6. The molecule has 3 aromatic rings. The van der Waals surface area contributed by atoms with E-state index in [0.717, 1.165) is 10.6 Å². The first-order valence-electron chi connectivity index (χ1n) is 8.12. The van der Waals surface area contributed by atoms with E-state index < -0.39 is 23.4 Å². The second-order valence-corrected chi connectivity index (χ2v) is 6.25. The number of rotatable bonds is 5. The van der Waals surface area contributed by atoms with Crippen molar-refractivity contribution in [3.63, 3.8) is 0 Å². The van der Waals surface area contributed by atoms with Crippen molar-refractivity contribution in [1.29, 1.82) is 0 Å². The van der Waals surface area contributed by atoms with Crippen molar-refractivity contribution < 1.29 is 18.7 Å². The summed E-state index contributed by atoms with van der Waals surface area (Å²) < 4.78 is 30.1. The topological polar surface area (TPSA) is 103 Å². The molecule has 0 saturated heterocycles. The van der Waals surface area contributed by atoms with E-state index in [-0.39, 0.29) is 28.5 Å². The fourth-order valence-corrected chi connectivity index (χ4v) is 2.70. The minimum Gasteiger partial charge on any atom is -0.478 e. The molecule has 146 valence electrons. The van der Waals surface area contributed by atoms with Gasteiger partial charge in [-0.2, -0.15) is 9.37 Å². The lowest BCUT2D eigenvalue weighted by Crippen LogP contribution is -2.15. The molecule has 0 amide bonds. The van der Waals surface area contributed by atoms with Gasteiger partial charge in [0.25, 0.3) is 0 Å². The molecule has 0 unspecified atom stereocenters. The summed E-state index contributed by atoms with van der Waals surface area (Å²) in [6.07, 6.45) is 0. The van der Waals surface area contributed by atoms with E-state index in [0.29, 0.717) is 5.69 Å². The van der Waals surface area contributed by atoms with Crippen LogP contribution in [0, 0.1) is 11.8 Å². The highest BCUT2D eigenvalue weighted by Crippen LogP contribution is 2.31. The van der Waals surface area contributed by atoms with Crippen LogP contribution in [0.25, 0.3) is 11.3 Å². The van der Waals surface area contributed by atoms with E-state index in [1.54, 1.807) is 0 Å². The van der Waals surface area contributed by atoms with Crippen LogP contribution in [-0.4, -0.2) is 39.7 Å². The van der Waals surface area contributed by atoms with Crippen LogP contribution in [0.15, 0.2) is 35.1 Å². The van der Waals surface area contributed by atoms with Crippen molar-refractivity contribution in [2.45, 2.75) is 0 Å². The summed E-state index contributed by atoms with van der Waals surface area (Å²) in [6.45, 7) is 0. The number of H-pyrrole nitrogens is 1. The molecule has 0 bridgehead atoms. The van der Waals surface area contributed by atoms with E-state index in [9.17, 15) is 18.4 Å². The third-order valence-corrected chi connectivity index (χ3v) is 4.10. The van der Waals surface area contributed by atoms with Gasteiger partial charge >= 0.3 is 11.7 Å². The van der Waals surface area contributed by atoms with Crippen LogP contribution in [0.1, 0.15) is 10.4 Å². The number of aromatic amines is 1. The highest BCUT2D eigenvalue weighted by molar-refractivity contribution is 5.88. The quantitative estimate of drug-likeness (QED) is 0.580. The smallest absolute Gasteiger partial charge is 0.335 e. The highest BCUT2D eigenvalue weighted by Gasteiger charge is 2.21. The molecular formula is C18H17F2N5O3. The van der Waals surface area contributed by atoms with Crippen molar-refractivity contribution in [3.05, 3.63) is 58.1 Å². The van der Waals surface area contributed by atoms with Crippen LogP contribution in [0.2, 0.25) is 0 Å². The van der Waals surface area contributed by atoms with Gasteiger partial charge in [-0.05, 0) is 30.3 Å². The van der Waals surface area contributed by atoms with Gasteiger partial charge in [-0.1, -0.05) is 0 Å². The van der Waals surface area contributed by atoms with Crippen molar-refractivity contribution in [2.75, 3.05) is 24.3 Å². The van der Waals surface area contributed by atoms with Crippen LogP contribution < -0.4 is 15.9 Å². The van der Waals surface area contributed by atoms with Gasteiger partial charge in [-0.15, -0.1) is 0 Å². The van der Waals surface area contributed by atoms with Gasteiger partial charge in [0.15, 0.2) is 11.6 Å². The van der Waals surface area contributed by atoms with Crippen molar-refractivity contribution >= 4 is 23.3 Å².